The summed E-state index contributed by atoms with van der Waals surface area (Å²) in [5.41, 5.74) is 1.17. The van der Waals surface area contributed by atoms with E-state index in [1.54, 1.807) is 12.1 Å². The predicted octanol–water partition coefficient (Wildman–Crippen LogP) is 5.49. The number of amides is 1. The number of fused-ring (bicyclic) bond motifs is 1. The van der Waals surface area contributed by atoms with E-state index in [-0.39, 0.29) is 22.3 Å². The van der Waals surface area contributed by atoms with Crippen LogP contribution in [0.15, 0.2) is 57.4 Å². The van der Waals surface area contributed by atoms with E-state index in [0.717, 1.165) is 21.4 Å². The average Bonchev–Trinajstić information content (AvgIpc) is 3.34. The van der Waals surface area contributed by atoms with E-state index in [9.17, 15) is 14.9 Å². The summed E-state index contributed by atoms with van der Waals surface area (Å²) in [4.78, 5) is 27.4. The molecule has 4 rings (SSSR count). The van der Waals surface area contributed by atoms with E-state index in [2.05, 4.69) is 26.2 Å². The van der Waals surface area contributed by atoms with Gasteiger partial charge in [-0.1, -0.05) is 39.4 Å². The Labute approximate surface area is 176 Å². The molecule has 2 heterocycles. The highest BCUT2D eigenvalue weighted by Gasteiger charge is 2.19. The third kappa shape index (κ3) is 3.84. The molecule has 0 bridgehead atoms. The molecule has 0 unspecified atom stereocenters. The number of carbonyl (C=O) groups excluding carboxylic acids is 1. The van der Waals surface area contributed by atoms with E-state index in [1.807, 2.05) is 24.3 Å². The smallest absolute Gasteiger partial charge is 0.293 e. The Hall–Kier alpha value is -3.24. The molecule has 29 heavy (non-hydrogen) atoms. The lowest BCUT2D eigenvalue weighted by atomic mass is 10.2. The van der Waals surface area contributed by atoms with Gasteiger partial charge in [0.15, 0.2) is 16.6 Å². The number of thiazole rings is 1. The van der Waals surface area contributed by atoms with E-state index in [1.165, 1.54) is 19.2 Å². The SMILES string of the molecule is COc1cc([N+](=O)[O-])cc2sc(NC(=O)c3ccc(-c4ccc(Br)cc4)o3)nc12. The fraction of sp³-hybridized carbons (Fsp3) is 0.0526. The first-order chi connectivity index (χ1) is 13.9. The van der Waals surface area contributed by atoms with Gasteiger partial charge >= 0.3 is 0 Å². The van der Waals surface area contributed by atoms with Crippen LogP contribution in [0.4, 0.5) is 10.8 Å². The number of nitrogens with one attached hydrogen (secondary N) is 1. The van der Waals surface area contributed by atoms with Gasteiger partial charge < -0.3 is 9.15 Å². The molecule has 8 nitrogen and oxygen atoms in total. The molecule has 0 saturated carbocycles. The maximum absolute atomic E-state index is 12.5. The summed E-state index contributed by atoms with van der Waals surface area (Å²) in [7, 11) is 1.41. The molecular weight excluding hydrogens is 462 g/mol. The summed E-state index contributed by atoms with van der Waals surface area (Å²) in [5, 5.41) is 14.0. The quantitative estimate of drug-likeness (QED) is 0.303. The molecule has 0 saturated heterocycles. The fourth-order valence-electron chi connectivity index (χ4n) is 2.69. The van der Waals surface area contributed by atoms with Gasteiger partial charge in [0.05, 0.1) is 22.8 Å². The molecule has 2 aromatic heterocycles. The number of rotatable bonds is 5. The molecule has 146 valence electrons. The summed E-state index contributed by atoms with van der Waals surface area (Å²) in [6.07, 6.45) is 0. The number of benzene rings is 2. The van der Waals surface area contributed by atoms with E-state index in [4.69, 9.17) is 9.15 Å². The van der Waals surface area contributed by atoms with Crippen LogP contribution in [0.5, 0.6) is 5.75 Å². The lowest BCUT2D eigenvalue weighted by molar-refractivity contribution is -0.384. The number of furan rings is 1. The Bertz CT molecular complexity index is 1230. The molecule has 0 radical (unpaired) electrons. The molecule has 1 N–H and O–H groups in total. The van der Waals surface area contributed by atoms with Crippen LogP contribution in [0, 0.1) is 10.1 Å². The minimum atomic E-state index is -0.508. The second-order valence-corrected chi connectivity index (χ2v) is 7.84. The number of carbonyl (C=O) groups is 1. The highest BCUT2D eigenvalue weighted by molar-refractivity contribution is 9.10. The van der Waals surface area contributed by atoms with Gasteiger partial charge in [0, 0.05) is 16.1 Å². The molecule has 0 aliphatic carbocycles. The van der Waals surface area contributed by atoms with Crippen molar-refractivity contribution in [3.8, 4) is 17.1 Å². The summed E-state index contributed by atoms with van der Waals surface area (Å²) >= 11 is 4.49. The molecule has 0 aliphatic heterocycles. The fourth-order valence-corrected chi connectivity index (χ4v) is 3.86. The van der Waals surface area contributed by atoms with Crippen molar-refractivity contribution in [2.24, 2.45) is 0 Å². The Balaban J connectivity index is 1.59. The Morgan fingerprint density at radius 2 is 2.00 bits per heavy atom. The van der Waals surface area contributed by atoms with Crippen LogP contribution in [0.3, 0.4) is 0 Å². The van der Waals surface area contributed by atoms with Gasteiger partial charge in [-0.25, -0.2) is 4.98 Å². The number of hydrogen-bond acceptors (Lipinski definition) is 7. The number of non-ortho nitro benzene ring substituents is 1. The molecule has 4 aromatic rings. The second-order valence-electron chi connectivity index (χ2n) is 5.90. The first kappa shape index (κ1) is 19.1. The zero-order valence-corrected chi connectivity index (χ0v) is 17.2. The van der Waals surface area contributed by atoms with Crippen molar-refractivity contribution in [2.75, 3.05) is 12.4 Å². The number of nitro groups is 1. The van der Waals surface area contributed by atoms with Gasteiger partial charge in [-0.3, -0.25) is 20.2 Å². The normalized spacial score (nSPS) is 10.8. The molecule has 0 fully saturated rings. The van der Waals surface area contributed by atoms with Crippen molar-refractivity contribution in [3.63, 3.8) is 0 Å². The third-order valence-corrected chi connectivity index (χ3v) is 5.50. The average molecular weight is 474 g/mol. The number of aromatic nitrogens is 1. The summed E-state index contributed by atoms with van der Waals surface area (Å²) in [6, 6.07) is 13.5. The number of ether oxygens (including phenoxy) is 1. The molecule has 0 aliphatic rings. The summed E-state index contributed by atoms with van der Waals surface area (Å²) in [6.45, 7) is 0. The van der Waals surface area contributed by atoms with Crippen molar-refractivity contribution in [1.29, 1.82) is 0 Å². The lowest BCUT2D eigenvalue weighted by Gasteiger charge is -2.00. The van der Waals surface area contributed by atoms with Gasteiger partial charge in [-0.15, -0.1) is 0 Å². The van der Waals surface area contributed by atoms with Gasteiger partial charge in [0.1, 0.15) is 11.3 Å². The number of halogens is 1. The van der Waals surface area contributed by atoms with E-state index >= 15 is 0 Å². The monoisotopic (exact) mass is 473 g/mol. The maximum Gasteiger partial charge on any atom is 0.293 e. The summed E-state index contributed by atoms with van der Waals surface area (Å²) in [5.74, 6) is 0.478. The van der Waals surface area contributed by atoms with Crippen LogP contribution >= 0.6 is 27.3 Å². The minimum Gasteiger partial charge on any atom is -0.494 e. The molecule has 0 atom stereocenters. The molecule has 1 amide bonds. The summed E-state index contributed by atoms with van der Waals surface area (Å²) < 4.78 is 12.3. The van der Waals surface area contributed by atoms with E-state index < -0.39 is 10.8 Å². The van der Waals surface area contributed by atoms with Crippen molar-refractivity contribution in [3.05, 3.63) is 68.9 Å². The van der Waals surface area contributed by atoms with Crippen LogP contribution in [-0.2, 0) is 0 Å². The number of methoxy groups -OCH3 is 1. The van der Waals surface area contributed by atoms with Crippen molar-refractivity contribution in [2.45, 2.75) is 0 Å². The third-order valence-electron chi connectivity index (χ3n) is 4.05. The highest BCUT2D eigenvalue weighted by Crippen LogP contribution is 2.36. The topological polar surface area (TPSA) is 108 Å². The van der Waals surface area contributed by atoms with Crippen LogP contribution in [-0.4, -0.2) is 22.9 Å². The molecule has 0 spiro atoms. The Morgan fingerprint density at radius 3 is 2.69 bits per heavy atom. The van der Waals surface area contributed by atoms with Crippen molar-refractivity contribution < 1.29 is 18.9 Å². The first-order valence-electron chi connectivity index (χ1n) is 8.24. The second kappa shape index (κ2) is 7.64. The minimum absolute atomic E-state index is 0.110. The highest BCUT2D eigenvalue weighted by atomic mass is 79.9. The molecular formula is C19H12BrN3O5S. The van der Waals surface area contributed by atoms with Crippen molar-refractivity contribution >= 4 is 54.2 Å². The van der Waals surface area contributed by atoms with Crippen molar-refractivity contribution in [1.82, 2.24) is 4.98 Å². The number of hydrogen-bond donors (Lipinski definition) is 1. The standard InChI is InChI=1S/C19H12BrN3O5S/c1-27-15-8-12(23(25)26)9-16-17(15)21-19(29-16)22-18(24)14-7-6-13(28-14)10-2-4-11(20)5-3-10/h2-9H,1H3,(H,21,22,24). The van der Waals surface area contributed by atoms with Gasteiger partial charge in [-0.05, 0) is 24.3 Å². The Kier molecular flexibility index (Phi) is 5.03. The lowest BCUT2D eigenvalue weighted by Crippen LogP contribution is -2.10. The van der Waals surface area contributed by atoms with Gasteiger partial charge in [-0.2, -0.15) is 0 Å². The zero-order valence-electron chi connectivity index (χ0n) is 14.8. The number of anilines is 1. The van der Waals surface area contributed by atoms with Crippen LogP contribution in [0.1, 0.15) is 10.6 Å². The molecule has 2 aromatic carbocycles. The zero-order chi connectivity index (χ0) is 20.5. The van der Waals surface area contributed by atoms with Crippen LogP contribution in [0.25, 0.3) is 21.5 Å². The Morgan fingerprint density at radius 1 is 1.24 bits per heavy atom. The van der Waals surface area contributed by atoms with Gasteiger partial charge in [0.25, 0.3) is 11.6 Å². The largest absolute Gasteiger partial charge is 0.494 e. The van der Waals surface area contributed by atoms with Crippen LogP contribution < -0.4 is 10.1 Å². The first-order valence-corrected chi connectivity index (χ1v) is 9.85. The maximum atomic E-state index is 12.5. The van der Waals surface area contributed by atoms with E-state index in [0.29, 0.717) is 16.0 Å². The van der Waals surface area contributed by atoms with Crippen LogP contribution in [0.2, 0.25) is 0 Å². The predicted molar refractivity (Wildman–Crippen MR) is 113 cm³/mol. The number of nitrogens with zero attached hydrogens (tertiary/aromatic N) is 2. The number of nitro benzene ring substituents is 1. The van der Waals surface area contributed by atoms with Gasteiger partial charge in [0.2, 0.25) is 0 Å². The molecule has 10 heteroatoms.